The van der Waals surface area contributed by atoms with Gasteiger partial charge in [-0.15, -0.1) is 0 Å². The Labute approximate surface area is 97.6 Å². The van der Waals surface area contributed by atoms with Crippen molar-refractivity contribution in [2.75, 3.05) is 6.54 Å². The molecular formula is C12H24N2O2. The fourth-order valence-corrected chi connectivity index (χ4v) is 1.44. The maximum Gasteiger partial charge on any atom is 0.221 e. The van der Waals surface area contributed by atoms with Gasteiger partial charge in [-0.2, -0.15) is 0 Å². The molecule has 16 heavy (non-hydrogen) atoms. The third-order valence-electron chi connectivity index (χ3n) is 3.19. The molecule has 1 aliphatic carbocycles. The summed E-state index contributed by atoms with van der Waals surface area (Å²) in [4.78, 5) is 11.5. The molecule has 1 aliphatic rings. The van der Waals surface area contributed by atoms with Crippen molar-refractivity contribution in [1.82, 2.24) is 5.32 Å². The minimum absolute atomic E-state index is 0.0630. The summed E-state index contributed by atoms with van der Waals surface area (Å²) in [5.41, 5.74) is 5.84. The number of carbonyl (C=O) groups excluding carboxylic acids is 1. The van der Waals surface area contributed by atoms with Crippen LogP contribution >= 0.6 is 0 Å². The lowest BCUT2D eigenvalue weighted by Crippen LogP contribution is -2.41. The van der Waals surface area contributed by atoms with E-state index in [-0.39, 0.29) is 23.5 Å². The highest BCUT2D eigenvalue weighted by Gasteiger charge is 2.30. The van der Waals surface area contributed by atoms with Crippen molar-refractivity contribution in [2.45, 2.75) is 52.2 Å². The Bertz CT molecular complexity index is 244. The molecule has 2 unspecified atom stereocenters. The Morgan fingerprint density at radius 1 is 1.50 bits per heavy atom. The smallest absolute Gasteiger partial charge is 0.221 e. The molecule has 0 aliphatic heterocycles. The van der Waals surface area contributed by atoms with Gasteiger partial charge in [-0.3, -0.25) is 4.79 Å². The van der Waals surface area contributed by atoms with Crippen LogP contribution in [0.2, 0.25) is 0 Å². The first-order chi connectivity index (χ1) is 7.30. The number of hydrogen-bond donors (Lipinski definition) is 3. The van der Waals surface area contributed by atoms with E-state index in [1.54, 1.807) is 0 Å². The van der Waals surface area contributed by atoms with E-state index in [4.69, 9.17) is 5.73 Å². The van der Waals surface area contributed by atoms with Gasteiger partial charge in [0.1, 0.15) is 0 Å². The predicted molar refractivity (Wildman–Crippen MR) is 63.8 cm³/mol. The molecule has 2 atom stereocenters. The Morgan fingerprint density at radius 3 is 2.50 bits per heavy atom. The molecule has 1 fully saturated rings. The van der Waals surface area contributed by atoms with Crippen molar-refractivity contribution in [1.29, 1.82) is 0 Å². The Hall–Kier alpha value is -0.610. The molecule has 1 saturated carbocycles. The number of hydrogen-bond acceptors (Lipinski definition) is 3. The third-order valence-corrected chi connectivity index (χ3v) is 3.19. The van der Waals surface area contributed by atoms with Crippen LogP contribution in [0.25, 0.3) is 0 Å². The van der Waals surface area contributed by atoms with E-state index >= 15 is 0 Å². The largest absolute Gasteiger partial charge is 0.391 e. The normalized spacial score (nSPS) is 20.3. The zero-order chi connectivity index (χ0) is 12.3. The summed E-state index contributed by atoms with van der Waals surface area (Å²) < 4.78 is 0. The first kappa shape index (κ1) is 13.5. The highest BCUT2D eigenvalue weighted by atomic mass is 16.3. The van der Waals surface area contributed by atoms with Crippen molar-refractivity contribution in [3.05, 3.63) is 0 Å². The van der Waals surface area contributed by atoms with Gasteiger partial charge >= 0.3 is 0 Å². The molecule has 0 aromatic carbocycles. The van der Waals surface area contributed by atoms with Gasteiger partial charge in [0.05, 0.1) is 6.10 Å². The molecule has 4 N–H and O–H groups in total. The van der Waals surface area contributed by atoms with Gasteiger partial charge in [0, 0.05) is 19.0 Å². The van der Waals surface area contributed by atoms with E-state index in [9.17, 15) is 9.90 Å². The van der Waals surface area contributed by atoms with Crippen LogP contribution < -0.4 is 11.1 Å². The number of carbonyl (C=O) groups is 1. The highest BCUT2D eigenvalue weighted by molar-refractivity contribution is 5.76. The Morgan fingerprint density at radius 2 is 2.06 bits per heavy atom. The monoisotopic (exact) mass is 228 g/mol. The van der Waals surface area contributed by atoms with Gasteiger partial charge in [-0.05, 0) is 24.2 Å². The number of nitrogens with two attached hydrogens (primary N) is 1. The molecule has 4 nitrogen and oxygen atoms in total. The average molecular weight is 228 g/mol. The fraction of sp³-hybridized carbons (Fsp3) is 0.917. The predicted octanol–water partition coefficient (Wildman–Crippen LogP) is 0.637. The molecule has 0 bridgehead atoms. The van der Waals surface area contributed by atoms with Gasteiger partial charge in [-0.1, -0.05) is 20.8 Å². The minimum atomic E-state index is -0.380. The molecule has 1 amide bonds. The summed E-state index contributed by atoms with van der Waals surface area (Å²) in [6.45, 7) is 6.42. The molecule has 0 spiro atoms. The molecule has 0 heterocycles. The Kier molecular flexibility index (Phi) is 4.33. The van der Waals surface area contributed by atoms with Crippen LogP contribution in [0.3, 0.4) is 0 Å². The van der Waals surface area contributed by atoms with Crippen LogP contribution in [-0.2, 0) is 4.79 Å². The summed E-state index contributed by atoms with van der Waals surface area (Å²) in [5, 5.41) is 12.3. The van der Waals surface area contributed by atoms with Crippen molar-refractivity contribution in [2.24, 2.45) is 17.1 Å². The van der Waals surface area contributed by atoms with Crippen molar-refractivity contribution >= 4 is 5.91 Å². The molecule has 1 rings (SSSR count). The van der Waals surface area contributed by atoms with E-state index in [1.807, 2.05) is 20.8 Å². The van der Waals surface area contributed by atoms with Crippen molar-refractivity contribution in [3.63, 3.8) is 0 Å². The summed E-state index contributed by atoms with van der Waals surface area (Å²) in [6, 6.07) is -0.148. The second kappa shape index (κ2) is 5.15. The van der Waals surface area contributed by atoms with Gasteiger partial charge in [0.15, 0.2) is 0 Å². The Balaban J connectivity index is 2.19. The molecular weight excluding hydrogens is 204 g/mol. The van der Waals surface area contributed by atoms with Gasteiger partial charge in [0.2, 0.25) is 5.91 Å². The van der Waals surface area contributed by atoms with Gasteiger partial charge < -0.3 is 16.2 Å². The zero-order valence-corrected chi connectivity index (χ0v) is 10.5. The second-order valence-electron chi connectivity index (χ2n) is 5.89. The number of nitrogens with one attached hydrogen (secondary N) is 1. The molecule has 0 aromatic rings. The lowest BCUT2D eigenvalue weighted by atomic mass is 9.85. The molecule has 0 aromatic heterocycles. The second-order valence-corrected chi connectivity index (χ2v) is 5.89. The van der Waals surface area contributed by atoms with E-state index in [0.717, 1.165) is 12.8 Å². The first-order valence-corrected chi connectivity index (χ1v) is 6.01. The van der Waals surface area contributed by atoms with Crippen LogP contribution in [0.1, 0.15) is 40.0 Å². The SMILES string of the molecule is CC(C)(C)C(N)CC(=O)NCC(O)C1CC1. The minimum Gasteiger partial charge on any atom is -0.391 e. The van der Waals surface area contributed by atoms with E-state index < -0.39 is 0 Å². The van der Waals surface area contributed by atoms with Gasteiger partial charge in [0.25, 0.3) is 0 Å². The van der Waals surface area contributed by atoms with Crippen LogP contribution in [0, 0.1) is 11.3 Å². The number of aliphatic hydroxyl groups excluding tert-OH is 1. The summed E-state index contributed by atoms with van der Waals surface area (Å²) >= 11 is 0. The van der Waals surface area contributed by atoms with Crippen molar-refractivity contribution < 1.29 is 9.90 Å². The quantitative estimate of drug-likeness (QED) is 0.646. The highest BCUT2D eigenvalue weighted by Crippen LogP contribution is 2.32. The molecule has 4 heteroatoms. The van der Waals surface area contributed by atoms with Gasteiger partial charge in [-0.25, -0.2) is 0 Å². The van der Waals surface area contributed by atoms with E-state index in [2.05, 4.69) is 5.32 Å². The van der Waals surface area contributed by atoms with Crippen LogP contribution in [0.15, 0.2) is 0 Å². The standard InChI is InChI=1S/C12H24N2O2/c1-12(2,3)10(13)6-11(16)14-7-9(15)8-4-5-8/h8-10,15H,4-7,13H2,1-3H3,(H,14,16). The summed E-state index contributed by atoms with van der Waals surface area (Å²) in [6.07, 6.45) is 2.10. The summed E-state index contributed by atoms with van der Waals surface area (Å²) in [7, 11) is 0. The number of amides is 1. The lowest BCUT2D eigenvalue weighted by molar-refractivity contribution is -0.122. The van der Waals surface area contributed by atoms with Crippen LogP contribution in [0.4, 0.5) is 0 Å². The van der Waals surface area contributed by atoms with E-state index in [1.165, 1.54) is 0 Å². The number of rotatable bonds is 5. The lowest BCUT2D eigenvalue weighted by Gasteiger charge is -2.26. The third kappa shape index (κ3) is 4.49. The fourth-order valence-electron chi connectivity index (χ4n) is 1.44. The van der Waals surface area contributed by atoms with E-state index in [0.29, 0.717) is 18.9 Å². The van der Waals surface area contributed by atoms with Crippen LogP contribution in [0.5, 0.6) is 0 Å². The molecule has 0 saturated heterocycles. The maximum atomic E-state index is 11.5. The van der Waals surface area contributed by atoms with Crippen molar-refractivity contribution in [3.8, 4) is 0 Å². The maximum absolute atomic E-state index is 11.5. The number of aliphatic hydroxyl groups is 1. The summed E-state index contributed by atoms with van der Waals surface area (Å²) in [5.74, 6) is 0.332. The first-order valence-electron chi connectivity index (χ1n) is 6.01. The molecule has 94 valence electrons. The average Bonchev–Trinajstić information content (AvgIpc) is 2.95. The zero-order valence-electron chi connectivity index (χ0n) is 10.5. The van der Waals surface area contributed by atoms with Crippen LogP contribution in [-0.4, -0.2) is 29.7 Å². The molecule has 0 radical (unpaired) electrons. The topological polar surface area (TPSA) is 75.4 Å².